The lowest BCUT2D eigenvalue weighted by molar-refractivity contribution is -0.253. The fourth-order valence-corrected chi connectivity index (χ4v) is 6.77. The van der Waals surface area contributed by atoms with E-state index in [0.29, 0.717) is 12.8 Å². The summed E-state index contributed by atoms with van der Waals surface area (Å²) >= 11 is 0. The molecule has 0 aromatic carbocycles. The van der Waals surface area contributed by atoms with E-state index in [9.17, 15) is 15.0 Å². The summed E-state index contributed by atoms with van der Waals surface area (Å²) in [6.45, 7) is 10.3. The molecule has 7 atom stereocenters. The van der Waals surface area contributed by atoms with E-state index in [0.717, 1.165) is 32.1 Å². The van der Waals surface area contributed by atoms with Gasteiger partial charge >= 0.3 is 5.97 Å². The summed E-state index contributed by atoms with van der Waals surface area (Å²) in [6, 6.07) is 0. The average molecular weight is 350 g/mol. The lowest BCUT2D eigenvalue weighted by atomic mass is 9.41. The number of ether oxygens (including phenoxy) is 1. The molecule has 0 radical (unpaired) electrons. The number of hydrogen-bond acceptors (Lipinski definition) is 4. The molecule has 3 aliphatic rings. The summed E-state index contributed by atoms with van der Waals surface area (Å²) in [6.07, 6.45) is 6.71. The van der Waals surface area contributed by atoms with E-state index in [1.807, 2.05) is 13.0 Å². The van der Waals surface area contributed by atoms with Gasteiger partial charge in [-0.1, -0.05) is 26.3 Å². The van der Waals surface area contributed by atoms with Crippen LogP contribution in [0.25, 0.3) is 0 Å². The Hall–Kier alpha value is -0.870. The van der Waals surface area contributed by atoms with Gasteiger partial charge in [-0.3, -0.25) is 4.79 Å². The van der Waals surface area contributed by atoms with Crippen LogP contribution in [0.2, 0.25) is 0 Å². The molecule has 142 valence electrons. The second-order valence-corrected chi connectivity index (χ2v) is 9.69. The SMILES string of the molecule is C=C[C@@]1(C)CC[C@H]2[C@]3(C)CCC[C@@](C)(C(=O)OC)[C@H]3C[C@@H](O)[C@@]2(O)C1. The zero-order valence-corrected chi connectivity index (χ0v) is 16.2. The molecule has 2 N–H and O–H groups in total. The second kappa shape index (κ2) is 5.82. The van der Waals surface area contributed by atoms with Gasteiger partial charge in [-0.15, -0.1) is 6.58 Å². The van der Waals surface area contributed by atoms with Gasteiger partial charge in [0.2, 0.25) is 0 Å². The molecule has 0 unspecified atom stereocenters. The Labute approximate surface area is 151 Å². The van der Waals surface area contributed by atoms with E-state index in [1.165, 1.54) is 7.11 Å². The quantitative estimate of drug-likeness (QED) is 0.591. The summed E-state index contributed by atoms with van der Waals surface area (Å²) in [5.41, 5.74) is -1.97. The Morgan fingerprint density at radius 1 is 1.20 bits per heavy atom. The van der Waals surface area contributed by atoms with Crippen molar-refractivity contribution in [2.75, 3.05) is 7.11 Å². The van der Waals surface area contributed by atoms with Crippen molar-refractivity contribution in [3.8, 4) is 0 Å². The maximum absolute atomic E-state index is 12.6. The van der Waals surface area contributed by atoms with Crippen molar-refractivity contribution in [2.45, 2.75) is 77.4 Å². The fourth-order valence-electron chi connectivity index (χ4n) is 6.77. The number of esters is 1. The van der Waals surface area contributed by atoms with Gasteiger partial charge in [0.1, 0.15) is 0 Å². The van der Waals surface area contributed by atoms with Gasteiger partial charge in [-0.05, 0) is 68.1 Å². The number of aliphatic hydroxyl groups excluding tert-OH is 1. The van der Waals surface area contributed by atoms with Crippen LogP contribution in [-0.2, 0) is 9.53 Å². The molecule has 0 saturated heterocycles. The molecule has 3 aliphatic carbocycles. The van der Waals surface area contributed by atoms with E-state index in [4.69, 9.17) is 4.74 Å². The Bertz CT molecular complexity index is 574. The van der Waals surface area contributed by atoms with Crippen LogP contribution in [0.1, 0.15) is 65.7 Å². The van der Waals surface area contributed by atoms with Crippen LogP contribution >= 0.6 is 0 Å². The minimum Gasteiger partial charge on any atom is -0.469 e. The molecular weight excluding hydrogens is 316 g/mol. The van der Waals surface area contributed by atoms with Crippen molar-refractivity contribution in [3.05, 3.63) is 12.7 Å². The standard InChI is InChI=1S/C21H34O4/c1-6-18(2)11-8-14-19(3)9-7-10-20(4,17(23)25-5)15(19)12-16(22)21(14,24)13-18/h6,14-16,22,24H,1,7-13H2,2-5H3/t14-,15-,16+,18-,19-,20+,21+/m0/s1. The van der Waals surface area contributed by atoms with Crippen molar-refractivity contribution in [1.82, 2.24) is 0 Å². The normalized spacial score (nSPS) is 52.6. The molecule has 4 nitrogen and oxygen atoms in total. The summed E-state index contributed by atoms with van der Waals surface area (Å²) in [5.74, 6) is -0.131. The summed E-state index contributed by atoms with van der Waals surface area (Å²) in [4.78, 5) is 12.6. The van der Waals surface area contributed by atoms with Crippen LogP contribution in [0.5, 0.6) is 0 Å². The first-order valence-corrected chi connectivity index (χ1v) is 9.68. The monoisotopic (exact) mass is 350 g/mol. The molecule has 4 heteroatoms. The van der Waals surface area contributed by atoms with Crippen LogP contribution < -0.4 is 0 Å². The van der Waals surface area contributed by atoms with Crippen molar-refractivity contribution in [1.29, 1.82) is 0 Å². The lowest BCUT2D eigenvalue weighted by Crippen LogP contribution is -2.68. The van der Waals surface area contributed by atoms with Crippen LogP contribution in [0.15, 0.2) is 12.7 Å². The van der Waals surface area contributed by atoms with Crippen LogP contribution in [0, 0.1) is 28.1 Å². The first-order valence-electron chi connectivity index (χ1n) is 9.68. The molecular formula is C21H34O4. The number of methoxy groups -OCH3 is 1. The predicted molar refractivity (Wildman–Crippen MR) is 96.8 cm³/mol. The number of hydrogen-bond donors (Lipinski definition) is 2. The van der Waals surface area contributed by atoms with Crippen molar-refractivity contribution >= 4 is 5.97 Å². The zero-order chi connectivity index (χ0) is 18.7. The Morgan fingerprint density at radius 2 is 1.88 bits per heavy atom. The molecule has 25 heavy (non-hydrogen) atoms. The summed E-state index contributed by atoms with van der Waals surface area (Å²) in [7, 11) is 1.45. The largest absolute Gasteiger partial charge is 0.469 e. The van der Waals surface area contributed by atoms with Crippen LogP contribution in [-0.4, -0.2) is 35.0 Å². The van der Waals surface area contributed by atoms with E-state index in [2.05, 4.69) is 20.4 Å². The van der Waals surface area contributed by atoms with Gasteiger partial charge in [0.15, 0.2) is 0 Å². The van der Waals surface area contributed by atoms with Gasteiger partial charge in [0.25, 0.3) is 0 Å². The zero-order valence-electron chi connectivity index (χ0n) is 16.2. The third kappa shape index (κ3) is 2.51. The highest BCUT2D eigenvalue weighted by Gasteiger charge is 2.67. The van der Waals surface area contributed by atoms with Crippen molar-refractivity contribution in [2.24, 2.45) is 28.1 Å². The molecule has 0 spiro atoms. The molecule has 0 bridgehead atoms. The van der Waals surface area contributed by atoms with Gasteiger partial charge in [0, 0.05) is 0 Å². The van der Waals surface area contributed by atoms with Crippen molar-refractivity contribution < 1.29 is 19.7 Å². The Morgan fingerprint density at radius 3 is 2.48 bits per heavy atom. The van der Waals surface area contributed by atoms with Crippen LogP contribution in [0.3, 0.4) is 0 Å². The molecule has 3 saturated carbocycles. The molecule has 0 aliphatic heterocycles. The Kier molecular flexibility index (Phi) is 4.40. The van der Waals surface area contributed by atoms with E-state index < -0.39 is 17.1 Å². The second-order valence-electron chi connectivity index (χ2n) is 9.69. The number of aliphatic hydroxyl groups is 2. The van der Waals surface area contributed by atoms with Crippen LogP contribution in [0.4, 0.5) is 0 Å². The summed E-state index contributed by atoms with van der Waals surface area (Å²) < 4.78 is 5.14. The van der Waals surface area contributed by atoms with Gasteiger partial charge < -0.3 is 14.9 Å². The topological polar surface area (TPSA) is 66.8 Å². The van der Waals surface area contributed by atoms with Gasteiger partial charge in [-0.25, -0.2) is 0 Å². The molecule has 3 fully saturated rings. The highest BCUT2D eigenvalue weighted by atomic mass is 16.5. The van der Waals surface area contributed by atoms with E-state index >= 15 is 0 Å². The van der Waals surface area contributed by atoms with Crippen molar-refractivity contribution in [3.63, 3.8) is 0 Å². The number of carbonyl (C=O) groups excluding carboxylic acids is 1. The number of allylic oxidation sites excluding steroid dienone is 1. The molecule has 0 heterocycles. The minimum absolute atomic E-state index is 0.00561. The Balaban J connectivity index is 2.03. The van der Waals surface area contributed by atoms with Gasteiger partial charge in [-0.2, -0.15) is 0 Å². The first-order chi connectivity index (χ1) is 11.6. The van der Waals surface area contributed by atoms with Gasteiger partial charge in [0.05, 0.1) is 24.2 Å². The first kappa shape index (κ1) is 18.9. The van der Waals surface area contributed by atoms with E-state index in [-0.39, 0.29) is 28.6 Å². The highest BCUT2D eigenvalue weighted by Crippen LogP contribution is 2.66. The minimum atomic E-state index is -1.10. The maximum Gasteiger partial charge on any atom is 0.311 e. The highest BCUT2D eigenvalue weighted by molar-refractivity contribution is 5.77. The fraction of sp³-hybridized carbons (Fsp3) is 0.857. The number of fused-ring (bicyclic) bond motifs is 3. The average Bonchev–Trinajstić information content (AvgIpc) is 2.56. The molecule has 0 aromatic heterocycles. The number of carbonyl (C=O) groups is 1. The third-order valence-corrected chi connectivity index (χ3v) is 8.25. The smallest absolute Gasteiger partial charge is 0.311 e. The summed E-state index contributed by atoms with van der Waals surface area (Å²) in [5, 5.41) is 22.6. The number of rotatable bonds is 2. The third-order valence-electron chi connectivity index (χ3n) is 8.25. The molecule has 0 amide bonds. The van der Waals surface area contributed by atoms with E-state index in [1.54, 1.807) is 0 Å². The maximum atomic E-state index is 12.6. The molecule has 3 rings (SSSR count). The lowest BCUT2D eigenvalue weighted by Gasteiger charge is -2.65. The predicted octanol–water partition coefficient (Wildman–Crippen LogP) is 3.46. The molecule has 0 aromatic rings.